The van der Waals surface area contributed by atoms with Crippen molar-refractivity contribution >= 4 is 22.0 Å². The fourth-order valence-electron chi connectivity index (χ4n) is 2.56. The molecule has 1 heterocycles. The molecule has 0 atom stereocenters. The van der Waals surface area contributed by atoms with E-state index in [1.165, 1.54) is 6.07 Å². The minimum Gasteiger partial charge on any atom is -0.444 e. The van der Waals surface area contributed by atoms with E-state index in [0.717, 1.165) is 0 Å². The SMILES string of the molecule is CC(C)(C)OC(=O)N1CCC(c2ccc(Br)c(F)c2F)CC1. The number of nitrogens with zero attached hydrogens (tertiary/aromatic N) is 1. The quantitative estimate of drug-likeness (QED) is 0.657. The molecule has 2 rings (SSSR count). The largest absolute Gasteiger partial charge is 0.444 e. The van der Waals surface area contributed by atoms with E-state index in [-0.39, 0.29) is 16.5 Å². The van der Waals surface area contributed by atoms with Crippen LogP contribution in [0.2, 0.25) is 0 Å². The molecular formula is C16H20BrF2NO2. The monoisotopic (exact) mass is 375 g/mol. The minimum atomic E-state index is -0.855. The Morgan fingerprint density at radius 1 is 1.23 bits per heavy atom. The van der Waals surface area contributed by atoms with Gasteiger partial charge in [0.25, 0.3) is 0 Å². The molecule has 0 unspecified atom stereocenters. The highest BCUT2D eigenvalue weighted by atomic mass is 79.9. The first-order chi connectivity index (χ1) is 10.2. The molecule has 0 saturated carbocycles. The van der Waals surface area contributed by atoms with E-state index in [9.17, 15) is 13.6 Å². The molecule has 122 valence electrons. The summed E-state index contributed by atoms with van der Waals surface area (Å²) < 4.78 is 33.1. The summed E-state index contributed by atoms with van der Waals surface area (Å²) in [5.41, 5.74) is -0.154. The summed E-state index contributed by atoms with van der Waals surface area (Å²) in [6, 6.07) is 3.13. The summed E-state index contributed by atoms with van der Waals surface area (Å²) in [7, 11) is 0. The standard InChI is InChI=1S/C16H20BrF2NO2/c1-16(2,3)22-15(21)20-8-6-10(7-9-20)11-4-5-12(17)14(19)13(11)18/h4-5,10H,6-9H2,1-3H3. The molecule has 22 heavy (non-hydrogen) atoms. The zero-order valence-electron chi connectivity index (χ0n) is 13.0. The third-order valence-corrected chi connectivity index (χ3v) is 4.26. The number of rotatable bonds is 1. The van der Waals surface area contributed by atoms with Crippen LogP contribution in [-0.4, -0.2) is 29.7 Å². The van der Waals surface area contributed by atoms with Crippen molar-refractivity contribution < 1.29 is 18.3 Å². The number of amides is 1. The first-order valence-corrected chi connectivity index (χ1v) is 8.09. The smallest absolute Gasteiger partial charge is 0.410 e. The number of carbonyl (C=O) groups is 1. The van der Waals surface area contributed by atoms with Gasteiger partial charge in [-0.25, -0.2) is 13.6 Å². The Morgan fingerprint density at radius 2 is 1.82 bits per heavy atom. The molecule has 0 N–H and O–H groups in total. The van der Waals surface area contributed by atoms with Gasteiger partial charge in [-0.1, -0.05) is 6.07 Å². The van der Waals surface area contributed by atoms with Crippen LogP contribution in [0.3, 0.4) is 0 Å². The zero-order valence-corrected chi connectivity index (χ0v) is 14.5. The van der Waals surface area contributed by atoms with Crippen LogP contribution >= 0.6 is 15.9 Å². The topological polar surface area (TPSA) is 29.5 Å². The summed E-state index contributed by atoms with van der Waals surface area (Å²) in [5, 5.41) is 0. The first kappa shape index (κ1) is 17.2. The molecular weight excluding hydrogens is 356 g/mol. The van der Waals surface area contributed by atoms with E-state index in [0.29, 0.717) is 31.5 Å². The molecule has 1 aromatic carbocycles. The van der Waals surface area contributed by atoms with Gasteiger partial charge in [-0.2, -0.15) is 0 Å². The molecule has 0 spiro atoms. The van der Waals surface area contributed by atoms with E-state index < -0.39 is 17.2 Å². The highest BCUT2D eigenvalue weighted by Crippen LogP contribution is 2.33. The van der Waals surface area contributed by atoms with Gasteiger partial charge in [-0.05, 0) is 67.1 Å². The number of hydrogen-bond acceptors (Lipinski definition) is 2. The van der Waals surface area contributed by atoms with Crippen molar-refractivity contribution in [3.05, 3.63) is 33.8 Å². The number of likely N-dealkylation sites (tertiary alicyclic amines) is 1. The van der Waals surface area contributed by atoms with Gasteiger partial charge in [0, 0.05) is 13.1 Å². The van der Waals surface area contributed by atoms with Crippen molar-refractivity contribution in [1.29, 1.82) is 0 Å². The molecule has 1 fully saturated rings. The second-order valence-corrected chi connectivity index (χ2v) is 7.36. The van der Waals surface area contributed by atoms with Gasteiger partial charge >= 0.3 is 6.09 Å². The highest BCUT2D eigenvalue weighted by molar-refractivity contribution is 9.10. The second kappa shape index (κ2) is 6.52. The Balaban J connectivity index is 2.01. The molecule has 1 aliphatic rings. The summed E-state index contributed by atoms with van der Waals surface area (Å²) in [4.78, 5) is 13.6. The van der Waals surface area contributed by atoms with Crippen LogP contribution in [0.15, 0.2) is 16.6 Å². The van der Waals surface area contributed by atoms with E-state index in [4.69, 9.17) is 4.74 Å². The van der Waals surface area contributed by atoms with E-state index in [1.807, 2.05) is 20.8 Å². The van der Waals surface area contributed by atoms with Gasteiger partial charge in [0.05, 0.1) is 4.47 Å². The molecule has 6 heteroatoms. The highest BCUT2D eigenvalue weighted by Gasteiger charge is 2.29. The first-order valence-electron chi connectivity index (χ1n) is 7.30. The van der Waals surface area contributed by atoms with Crippen molar-refractivity contribution in [1.82, 2.24) is 4.90 Å². The average Bonchev–Trinajstić information content (AvgIpc) is 2.43. The summed E-state index contributed by atoms with van der Waals surface area (Å²) >= 11 is 2.98. The maximum atomic E-state index is 14.0. The van der Waals surface area contributed by atoms with Gasteiger partial charge in [0.2, 0.25) is 0 Å². The number of benzene rings is 1. The molecule has 0 radical (unpaired) electrons. The number of carbonyl (C=O) groups excluding carboxylic acids is 1. The predicted molar refractivity (Wildman–Crippen MR) is 83.8 cm³/mol. The zero-order chi connectivity index (χ0) is 16.5. The molecule has 1 amide bonds. The second-order valence-electron chi connectivity index (χ2n) is 6.51. The maximum absolute atomic E-state index is 14.0. The number of piperidine rings is 1. The molecule has 0 aliphatic carbocycles. The van der Waals surface area contributed by atoms with Crippen molar-refractivity contribution in [3.63, 3.8) is 0 Å². The number of ether oxygens (including phenoxy) is 1. The Morgan fingerprint density at radius 3 is 2.36 bits per heavy atom. The Kier molecular flexibility index (Phi) is 5.10. The Bertz CT molecular complexity index is 564. The fourth-order valence-corrected chi connectivity index (χ4v) is 2.86. The normalized spacial score (nSPS) is 16.7. The van der Waals surface area contributed by atoms with Crippen molar-refractivity contribution in [2.45, 2.75) is 45.1 Å². The summed E-state index contributed by atoms with van der Waals surface area (Å²) in [6.07, 6.45) is 0.836. The molecule has 1 aromatic rings. The van der Waals surface area contributed by atoms with Crippen molar-refractivity contribution in [2.75, 3.05) is 13.1 Å². The lowest BCUT2D eigenvalue weighted by molar-refractivity contribution is 0.0204. The van der Waals surface area contributed by atoms with Gasteiger partial charge < -0.3 is 9.64 Å². The third kappa shape index (κ3) is 3.97. The lowest BCUT2D eigenvalue weighted by Gasteiger charge is -2.33. The average molecular weight is 376 g/mol. The van der Waals surface area contributed by atoms with Crippen molar-refractivity contribution in [3.8, 4) is 0 Å². The van der Waals surface area contributed by atoms with Crippen LogP contribution in [0.5, 0.6) is 0 Å². The van der Waals surface area contributed by atoms with Gasteiger partial charge in [0.15, 0.2) is 11.6 Å². The lowest BCUT2D eigenvalue weighted by atomic mass is 9.89. The Hall–Kier alpha value is -1.17. The van der Waals surface area contributed by atoms with E-state index in [1.54, 1.807) is 11.0 Å². The van der Waals surface area contributed by atoms with Crippen LogP contribution < -0.4 is 0 Å². The van der Waals surface area contributed by atoms with Crippen LogP contribution in [0.1, 0.15) is 45.1 Å². The fraction of sp³-hybridized carbons (Fsp3) is 0.562. The van der Waals surface area contributed by atoms with Crippen molar-refractivity contribution in [2.24, 2.45) is 0 Å². The molecule has 0 bridgehead atoms. The number of halogens is 3. The summed E-state index contributed by atoms with van der Waals surface area (Å²) in [5.74, 6) is -1.74. The van der Waals surface area contributed by atoms with E-state index >= 15 is 0 Å². The maximum Gasteiger partial charge on any atom is 0.410 e. The van der Waals surface area contributed by atoms with Crippen LogP contribution in [0, 0.1) is 11.6 Å². The minimum absolute atomic E-state index is 0.0821. The van der Waals surface area contributed by atoms with Crippen LogP contribution in [0.4, 0.5) is 13.6 Å². The van der Waals surface area contributed by atoms with Gasteiger partial charge in [-0.3, -0.25) is 0 Å². The molecule has 3 nitrogen and oxygen atoms in total. The van der Waals surface area contributed by atoms with Gasteiger partial charge in [-0.15, -0.1) is 0 Å². The third-order valence-electron chi connectivity index (χ3n) is 3.65. The molecule has 1 aliphatic heterocycles. The lowest BCUT2D eigenvalue weighted by Crippen LogP contribution is -2.41. The molecule has 0 aromatic heterocycles. The predicted octanol–water partition coefficient (Wildman–Crippen LogP) is 4.84. The van der Waals surface area contributed by atoms with Crippen LogP contribution in [0.25, 0.3) is 0 Å². The summed E-state index contributed by atoms with van der Waals surface area (Å²) in [6.45, 7) is 6.42. The molecule has 1 saturated heterocycles. The number of hydrogen-bond donors (Lipinski definition) is 0. The Labute approximate surface area is 137 Å². The van der Waals surface area contributed by atoms with Crippen LogP contribution in [-0.2, 0) is 4.74 Å². The van der Waals surface area contributed by atoms with E-state index in [2.05, 4.69) is 15.9 Å². The van der Waals surface area contributed by atoms with Gasteiger partial charge in [0.1, 0.15) is 5.60 Å².